The minimum atomic E-state index is -3.52. The number of hydrogen-bond acceptors (Lipinski definition) is 5. The number of nitrogens with zero attached hydrogens (tertiary/aromatic N) is 2. The molecule has 0 atom stereocenters. The zero-order valence-electron chi connectivity index (χ0n) is 11.0. The Bertz CT molecular complexity index is 507. The highest BCUT2D eigenvalue weighted by Crippen LogP contribution is 2.13. The summed E-state index contributed by atoms with van der Waals surface area (Å²) in [7, 11) is -1.48. The van der Waals surface area contributed by atoms with Gasteiger partial charge in [0.1, 0.15) is 0 Å². The average molecular weight is 284 g/mol. The molecule has 7 heteroatoms. The quantitative estimate of drug-likeness (QED) is 0.807. The molecule has 1 saturated heterocycles. The fourth-order valence-electron chi connectivity index (χ4n) is 2.10. The number of likely N-dealkylation sites (tertiary alicyclic amines) is 1. The summed E-state index contributed by atoms with van der Waals surface area (Å²) in [6, 6.07) is 3.19. The van der Waals surface area contributed by atoms with E-state index >= 15 is 0 Å². The first-order valence-corrected chi connectivity index (χ1v) is 7.85. The number of sulfonamides is 1. The van der Waals surface area contributed by atoms with E-state index in [1.807, 2.05) is 7.05 Å². The summed E-state index contributed by atoms with van der Waals surface area (Å²) < 4.78 is 27.0. The van der Waals surface area contributed by atoms with Crippen molar-refractivity contribution < 1.29 is 8.42 Å². The van der Waals surface area contributed by atoms with Crippen LogP contribution in [0.5, 0.6) is 0 Å². The van der Waals surface area contributed by atoms with Gasteiger partial charge in [0.05, 0.1) is 0 Å². The van der Waals surface area contributed by atoms with E-state index in [9.17, 15) is 8.42 Å². The highest BCUT2D eigenvalue weighted by Gasteiger charge is 2.24. The zero-order valence-corrected chi connectivity index (χ0v) is 11.9. The van der Waals surface area contributed by atoms with Gasteiger partial charge in [-0.1, -0.05) is 6.07 Å². The molecular weight excluding hydrogens is 264 g/mol. The molecule has 106 valence electrons. The molecule has 1 aliphatic heterocycles. The van der Waals surface area contributed by atoms with Crippen LogP contribution in [0.15, 0.2) is 23.4 Å². The Kier molecular flexibility index (Phi) is 4.51. The topological polar surface area (TPSA) is 88.3 Å². The number of aromatic nitrogens is 1. The second-order valence-corrected chi connectivity index (χ2v) is 6.57. The number of piperidine rings is 1. The largest absolute Gasteiger partial charge is 0.326 e. The molecule has 0 aliphatic carbocycles. The third-order valence-electron chi connectivity index (χ3n) is 3.35. The maximum absolute atomic E-state index is 12.2. The Balaban J connectivity index is 2.05. The maximum Gasteiger partial charge on any atom is 0.258 e. The van der Waals surface area contributed by atoms with E-state index in [1.165, 1.54) is 12.3 Å². The van der Waals surface area contributed by atoms with Gasteiger partial charge in [-0.25, -0.2) is 18.1 Å². The minimum Gasteiger partial charge on any atom is -0.326 e. The van der Waals surface area contributed by atoms with E-state index in [-0.39, 0.29) is 11.1 Å². The summed E-state index contributed by atoms with van der Waals surface area (Å²) in [5.74, 6) is 0. The van der Waals surface area contributed by atoms with Crippen LogP contribution in [0.4, 0.5) is 0 Å². The fraction of sp³-hybridized carbons (Fsp3) is 0.583. The highest BCUT2D eigenvalue weighted by atomic mass is 32.2. The van der Waals surface area contributed by atoms with Crippen LogP contribution in [-0.2, 0) is 16.6 Å². The number of nitrogens with two attached hydrogens (primary N) is 1. The van der Waals surface area contributed by atoms with Crippen molar-refractivity contribution in [2.75, 3.05) is 20.1 Å². The van der Waals surface area contributed by atoms with Crippen LogP contribution in [0.3, 0.4) is 0 Å². The minimum absolute atomic E-state index is 0.00261. The zero-order chi connectivity index (χ0) is 13.9. The Morgan fingerprint density at radius 1 is 1.42 bits per heavy atom. The Morgan fingerprint density at radius 3 is 2.63 bits per heavy atom. The van der Waals surface area contributed by atoms with Crippen molar-refractivity contribution in [2.45, 2.75) is 30.5 Å². The second kappa shape index (κ2) is 5.96. The molecule has 0 spiro atoms. The third kappa shape index (κ3) is 3.73. The highest BCUT2D eigenvalue weighted by molar-refractivity contribution is 7.89. The number of hydrogen-bond donors (Lipinski definition) is 2. The molecule has 19 heavy (non-hydrogen) atoms. The summed E-state index contributed by atoms with van der Waals surface area (Å²) in [6.45, 7) is 2.18. The van der Waals surface area contributed by atoms with Crippen LogP contribution in [0, 0.1) is 0 Å². The lowest BCUT2D eigenvalue weighted by Gasteiger charge is -2.29. The van der Waals surface area contributed by atoms with E-state index < -0.39 is 10.0 Å². The van der Waals surface area contributed by atoms with Crippen molar-refractivity contribution in [3.63, 3.8) is 0 Å². The molecule has 2 heterocycles. The van der Waals surface area contributed by atoms with E-state index in [2.05, 4.69) is 14.6 Å². The van der Waals surface area contributed by atoms with E-state index in [1.54, 1.807) is 6.07 Å². The SMILES string of the molecule is CN1CCC(NS(=O)(=O)c2ccc(CN)cn2)CC1. The van der Waals surface area contributed by atoms with Gasteiger partial charge < -0.3 is 10.6 Å². The second-order valence-electron chi connectivity index (χ2n) is 4.91. The van der Waals surface area contributed by atoms with E-state index in [0.717, 1.165) is 31.5 Å². The van der Waals surface area contributed by atoms with Gasteiger partial charge >= 0.3 is 0 Å². The lowest BCUT2D eigenvalue weighted by atomic mass is 10.1. The Labute approximate surface area is 114 Å². The molecule has 1 aliphatic rings. The molecule has 1 aromatic rings. The van der Waals surface area contributed by atoms with Gasteiger partial charge in [0.15, 0.2) is 5.03 Å². The normalized spacial score (nSPS) is 18.6. The molecule has 1 fully saturated rings. The van der Waals surface area contributed by atoms with Gasteiger partial charge in [0, 0.05) is 18.8 Å². The molecule has 2 rings (SSSR count). The van der Waals surface area contributed by atoms with Crippen LogP contribution in [0.25, 0.3) is 0 Å². The number of rotatable bonds is 4. The van der Waals surface area contributed by atoms with Crippen LogP contribution in [-0.4, -0.2) is 44.5 Å². The molecule has 0 saturated carbocycles. The summed E-state index contributed by atoms with van der Waals surface area (Å²) in [5.41, 5.74) is 6.28. The number of nitrogens with one attached hydrogen (secondary N) is 1. The standard InChI is InChI=1S/C12H20N4O2S/c1-16-6-4-11(5-7-16)15-19(17,18)12-3-2-10(8-13)9-14-12/h2-3,9,11,15H,4-8,13H2,1H3. The van der Waals surface area contributed by atoms with Gasteiger partial charge in [0.2, 0.25) is 0 Å². The summed E-state index contributed by atoms with van der Waals surface area (Å²) in [5, 5.41) is 0.0589. The van der Waals surface area contributed by atoms with Crippen molar-refractivity contribution in [2.24, 2.45) is 5.73 Å². The molecular formula is C12H20N4O2S. The fourth-order valence-corrected chi connectivity index (χ4v) is 3.33. The molecule has 0 aromatic carbocycles. The molecule has 0 bridgehead atoms. The van der Waals surface area contributed by atoms with Crippen molar-refractivity contribution >= 4 is 10.0 Å². The van der Waals surface area contributed by atoms with E-state index in [4.69, 9.17) is 5.73 Å². The van der Waals surface area contributed by atoms with Crippen LogP contribution >= 0.6 is 0 Å². The first kappa shape index (κ1) is 14.4. The maximum atomic E-state index is 12.2. The van der Waals surface area contributed by atoms with Gasteiger partial charge in [-0.15, -0.1) is 0 Å². The third-order valence-corrected chi connectivity index (χ3v) is 4.78. The molecule has 0 unspecified atom stereocenters. The van der Waals surface area contributed by atoms with E-state index in [0.29, 0.717) is 6.54 Å². The van der Waals surface area contributed by atoms with Crippen molar-refractivity contribution in [1.29, 1.82) is 0 Å². The summed E-state index contributed by atoms with van der Waals surface area (Å²) in [6.07, 6.45) is 3.16. The molecule has 3 N–H and O–H groups in total. The summed E-state index contributed by atoms with van der Waals surface area (Å²) >= 11 is 0. The lowest BCUT2D eigenvalue weighted by Crippen LogP contribution is -2.43. The van der Waals surface area contributed by atoms with Crippen LogP contribution < -0.4 is 10.5 Å². The van der Waals surface area contributed by atoms with Gasteiger partial charge in [-0.05, 0) is 44.6 Å². The molecule has 0 radical (unpaired) electrons. The first-order valence-electron chi connectivity index (χ1n) is 6.37. The van der Waals surface area contributed by atoms with Gasteiger partial charge in [-0.2, -0.15) is 0 Å². The van der Waals surface area contributed by atoms with Crippen molar-refractivity contribution in [3.8, 4) is 0 Å². The van der Waals surface area contributed by atoms with Gasteiger partial charge in [-0.3, -0.25) is 0 Å². The monoisotopic (exact) mass is 284 g/mol. The summed E-state index contributed by atoms with van der Waals surface area (Å²) in [4.78, 5) is 6.15. The molecule has 1 aromatic heterocycles. The van der Waals surface area contributed by atoms with Crippen molar-refractivity contribution in [1.82, 2.24) is 14.6 Å². The number of pyridine rings is 1. The predicted molar refractivity (Wildman–Crippen MR) is 73.0 cm³/mol. The Hall–Kier alpha value is -1.02. The molecule has 6 nitrogen and oxygen atoms in total. The average Bonchev–Trinajstić information content (AvgIpc) is 2.41. The smallest absolute Gasteiger partial charge is 0.258 e. The van der Waals surface area contributed by atoms with Gasteiger partial charge in [0.25, 0.3) is 10.0 Å². The van der Waals surface area contributed by atoms with Crippen molar-refractivity contribution in [3.05, 3.63) is 23.9 Å². The lowest BCUT2D eigenvalue weighted by molar-refractivity contribution is 0.248. The van der Waals surface area contributed by atoms with Crippen LogP contribution in [0.1, 0.15) is 18.4 Å². The predicted octanol–water partition coefficient (Wildman–Crippen LogP) is -0.0872. The van der Waals surface area contributed by atoms with Crippen LogP contribution in [0.2, 0.25) is 0 Å². The Morgan fingerprint density at radius 2 is 2.11 bits per heavy atom. The molecule has 0 amide bonds. The first-order chi connectivity index (χ1) is 9.01.